The summed E-state index contributed by atoms with van der Waals surface area (Å²) in [7, 11) is 0. The first-order chi connectivity index (χ1) is 11.3. The molecule has 0 atom stereocenters. The molecule has 134 valence electrons. The summed E-state index contributed by atoms with van der Waals surface area (Å²) in [5.41, 5.74) is 7.37. The summed E-state index contributed by atoms with van der Waals surface area (Å²) in [5.74, 6) is 3.04. The minimum Gasteiger partial charge on any atom is -0.370 e. The Kier molecular flexibility index (Phi) is 8.16. The van der Waals surface area contributed by atoms with Crippen molar-refractivity contribution >= 4 is 47.4 Å². The fourth-order valence-electron chi connectivity index (χ4n) is 3.76. The van der Waals surface area contributed by atoms with Gasteiger partial charge in [0.15, 0.2) is 5.96 Å². The van der Waals surface area contributed by atoms with Crippen LogP contribution in [0.15, 0.2) is 35.3 Å². The van der Waals surface area contributed by atoms with E-state index < -0.39 is 0 Å². The zero-order valence-electron chi connectivity index (χ0n) is 14.2. The third kappa shape index (κ3) is 5.26. The molecule has 1 aromatic rings. The highest BCUT2D eigenvalue weighted by atomic mass is 127. The Labute approximate surface area is 167 Å². The average Bonchev–Trinajstić information content (AvgIpc) is 2.62. The van der Waals surface area contributed by atoms with Crippen molar-refractivity contribution in [2.75, 3.05) is 36.5 Å². The number of hydrogen-bond acceptors (Lipinski definition) is 3. The zero-order chi connectivity index (χ0) is 16.0. The van der Waals surface area contributed by atoms with Crippen LogP contribution in [0.4, 0.5) is 5.69 Å². The Balaban J connectivity index is 0.00000208. The van der Waals surface area contributed by atoms with Gasteiger partial charge in [-0.3, -0.25) is 9.89 Å². The van der Waals surface area contributed by atoms with Crippen LogP contribution in [0.2, 0.25) is 0 Å². The molecular formula is C18H29IN4S. The molecule has 0 unspecified atom stereocenters. The molecule has 4 nitrogen and oxygen atoms in total. The molecule has 2 fully saturated rings. The van der Waals surface area contributed by atoms with E-state index in [1.807, 2.05) is 30.3 Å². The lowest BCUT2D eigenvalue weighted by molar-refractivity contribution is 0.0673. The number of halogens is 1. The van der Waals surface area contributed by atoms with Crippen molar-refractivity contribution in [2.24, 2.45) is 10.7 Å². The number of hydrogen-bond donors (Lipinski definition) is 2. The van der Waals surface area contributed by atoms with Gasteiger partial charge in [-0.15, -0.1) is 24.0 Å². The molecule has 1 aromatic carbocycles. The average molecular weight is 460 g/mol. The minimum absolute atomic E-state index is 0. The molecule has 1 aliphatic carbocycles. The second kappa shape index (κ2) is 9.87. The Morgan fingerprint density at radius 3 is 2.46 bits per heavy atom. The van der Waals surface area contributed by atoms with Crippen LogP contribution in [0.25, 0.3) is 0 Å². The highest BCUT2D eigenvalue weighted by Crippen LogP contribution is 2.35. The van der Waals surface area contributed by atoms with Gasteiger partial charge in [0.2, 0.25) is 0 Å². The van der Waals surface area contributed by atoms with Gasteiger partial charge in [0.05, 0.1) is 6.54 Å². The van der Waals surface area contributed by atoms with E-state index in [0.717, 1.165) is 12.2 Å². The molecule has 24 heavy (non-hydrogen) atoms. The third-order valence-electron chi connectivity index (χ3n) is 5.06. The van der Waals surface area contributed by atoms with Crippen LogP contribution in [0.3, 0.4) is 0 Å². The number of benzene rings is 1. The van der Waals surface area contributed by atoms with Crippen molar-refractivity contribution in [3.8, 4) is 0 Å². The summed E-state index contributed by atoms with van der Waals surface area (Å²) in [6.07, 6.45) is 6.54. The van der Waals surface area contributed by atoms with E-state index in [4.69, 9.17) is 10.7 Å². The van der Waals surface area contributed by atoms with E-state index in [1.54, 1.807) is 0 Å². The lowest BCUT2D eigenvalue weighted by atomic mass is 9.80. The SMILES string of the molecule is I.NC(=NCC1(N2CCSCC2)CCCCC1)Nc1ccccc1. The number of nitrogens with zero attached hydrogens (tertiary/aromatic N) is 2. The molecule has 3 rings (SSSR count). The monoisotopic (exact) mass is 460 g/mol. The van der Waals surface area contributed by atoms with E-state index in [0.29, 0.717) is 5.96 Å². The van der Waals surface area contributed by atoms with Gasteiger partial charge >= 0.3 is 0 Å². The Hall–Kier alpha value is -0.470. The van der Waals surface area contributed by atoms with Crippen molar-refractivity contribution in [3.63, 3.8) is 0 Å². The predicted molar refractivity (Wildman–Crippen MR) is 117 cm³/mol. The van der Waals surface area contributed by atoms with Gasteiger partial charge in [-0.1, -0.05) is 37.5 Å². The zero-order valence-corrected chi connectivity index (χ0v) is 17.4. The van der Waals surface area contributed by atoms with E-state index in [-0.39, 0.29) is 29.5 Å². The number of thioether (sulfide) groups is 1. The Bertz CT molecular complexity index is 511. The summed E-state index contributed by atoms with van der Waals surface area (Å²) in [6.45, 7) is 3.22. The van der Waals surface area contributed by atoms with E-state index in [9.17, 15) is 0 Å². The smallest absolute Gasteiger partial charge is 0.193 e. The van der Waals surface area contributed by atoms with Crippen LogP contribution < -0.4 is 11.1 Å². The maximum atomic E-state index is 6.13. The van der Waals surface area contributed by atoms with Crippen LogP contribution in [-0.2, 0) is 0 Å². The van der Waals surface area contributed by atoms with Gasteiger partial charge in [-0.05, 0) is 25.0 Å². The van der Waals surface area contributed by atoms with Gasteiger partial charge in [0.25, 0.3) is 0 Å². The molecule has 1 heterocycles. The summed E-state index contributed by atoms with van der Waals surface area (Å²) >= 11 is 2.07. The van der Waals surface area contributed by atoms with Gasteiger partial charge in [-0.2, -0.15) is 11.8 Å². The van der Waals surface area contributed by atoms with Crippen LogP contribution in [0.1, 0.15) is 32.1 Å². The molecule has 6 heteroatoms. The van der Waals surface area contributed by atoms with Gasteiger partial charge in [0.1, 0.15) is 0 Å². The molecular weight excluding hydrogens is 431 g/mol. The molecule has 0 spiro atoms. The number of nitrogens with one attached hydrogen (secondary N) is 1. The van der Waals surface area contributed by atoms with E-state index in [1.165, 1.54) is 56.7 Å². The van der Waals surface area contributed by atoms with E-state index in [2.05, 4.69) is 22.0 Å². The number of rotatable bonds is 4. The van der Waals surface area contributed by atoms with E-state index >= 15 is 0 Å². The topological polar surface area (TPSA) is 53.6 Å². The molecule has 0 amide bonds. The maximum Gasteiger partial charge on any atom is 0.193 e. The van der Waals surface area contributed by atoms with Crippen molar-refractivity contribution < 1.29 is 0 Å². The number of para-hydroxylation sites is 1. The largest absolute Gasteiger partial charge is 0.370 e. The predicted octanol–water partition coefficient (Wildman–Crippen LogP) is 3.78. The first-order valence-electron chi connectivity index (χ1n) is 8.73. The van der Waals surface area contributed by atoms with Crippen LogP contribution >= 0.6 is 35.7 Å². The summed E-state index contributed by atoms with van der Waals surface area (Å²) in [4.78, 5) is 7.42. The van der Waals surface area contributed by atoms with Crippen LogP contribution in [0.5, 0.6) is 0 Å². The van der Waals surface area contributed by atoms with Crippen LogP contribution in [-0.4, -0.2) is 47.5 Å². The molecule has 1 aliphatic heterocycles. The maximum absolute atomic E-state index is 6.13. The fraction of sp³-hybridized carbons (Fsp3) is 0.611. The Morgan fingerprint density at radius 1 is 1.12 bits per heavy atom. The summed E-state index contributed by atoms with van der Waals surface area (Å²) in [6, 6.07) is 10.0. The Morgan fingerprint density at radius 2 is 1.79 bits per heavy atom. The van der Waals surface area contributed by atoms with Crippen molar-refractivity contribution in [1.29, 1.82) is 0 Å². The molecule has 3 N–H and O–H groups in total. The van der Waals surface area contributed by atoms with Gasteiger partial charge < -0.3 is 11.1 Å². The number of nitrogens with two attached hydrogens (primary N) is 1. The molecule has 0 bridgehead atoms. The fourth-order valence-corrected chi connectivity index (χ4v) is 4.67. The van der Waals surface area contributed by atoms with Crippen LogP contribution in [0, 0.1) is 0 Å². The highest BCUT2D eigenvalue weighted by Gasteiger charge is 2.38. The lowest BCUT2D eigenvalue weighted by Gasteiger charge is -2.47. The number of guanidine groups is 1. The summed E-state index contributed by atoms with van der Waals surface area (Å²) in [5, 5.41) is 3.21. The van der Waals surface area contributed by atoms with Crippen molar-refractivity contribution in [1.82, 2.24) is 4.90 Å². The normalized spacial score (nSPS) is 21.8. The summed E-state index contributed by atoms with van der Waals surface area (Å²) < 4.78 is 0. The molecule has 0 radical (unpaired) electrons. The first-order valence-corrected chi connectivity index (χ1v) is 9.89. The molecule has 1 saturated heterocycles. The quantitative estimate of drug-likeness (QED) is 0.408. The van der Waals surface area contributed by atoms with Crippen molar-refractivity contribution in [3.05, 3.63) is 30.3 Å². The standard InChI is InChI=1S/C18H28N4S.HI/c19-17(21-16-7-3-1-4-8-16)20-15-18(9-5-2-6-10-18)22-11-13-23-14-12-22;/h1,3-4,7-8H,2,5-6,9-15H2,(H3,19,20,21);1H. The van der Waals surface area contributed by atoms with Gasteiger partial charge in [0, 0.05) is 35.8 Å². The number of anilines is 1. The highest BCUT2D eigenvalue weighted by molar-refractivity contribution is 14.0. The minimum atomic E-state index is 0. The first kappa shape index (κ1) is 19.8. The molecule has 2 aliphatic rings. The lowest BCUT2D eigenvalue weighted by Crippen LogP contribution is -2.55. The van der Waals surface area contributed by atoms with Crippen molar-refractivity contribution in [2.45, 2.75) is 37.6 Å². The molecule has 1 saturated carbocycles. The van der Waals surface area contributed by atoms with Gasteiger partial charge in [-0.25, -0.2) is 0 Å². The third-order valence-corrected chi connectivity index (χ3v) is 6.00. The molecule has 0 aromatic heterocycles. The second-order valence-corrected chi connectivity index (χ2v) is 7.80. The number of aliphatic imine (C=N–C) groups is 1. The second-order valence-electron chi connectivity index (χ2n) is 6.58.